The lowest BCUT2D eigenvalue weighted by atomic mass is 10.3. The molecule has 0 aliphatic heterocycles. The van der Waals surface area contributed by atoms with Crippen LogP contribution in [0.5, 0.6) is 0 Å². The third-order valence-corrected chi connectivity index (χ3v) is 1.27. The SMILES string of the molecule is Cn1ncc(C(=N)N)c1N. The first-order chi connectivity index (χ1) is 4.63. The average molecular weight is 139 g/mol. The molecule has 1 rings (SSSR count). The Morgan fingerprint density at radius 3 is 2.60 bits per heavy atom. The fourth-order valence-corrected chi connectivity index (χ4v) is 0.655. The molecule has 5 heteroatoms. The molecule has 0 amide bonds. The van der Waals surface area contributed by atoms with Gasteiger partial charge in [0.15, 0.2) is 0 Å². The van der Waals surface area contributed by atoms with Gasteiger partial charge in [0.05, 0.1) is 11.8 Å². The smallest absolute Gasteiger partial charge is 0.132 e. The summed E-state index contributed by atoms with van der Waals surface area (Å²) in [6.07, 6.45) is 1.47. The van der Waals surface area contributed by atoms with Gasteiger partial charge in [0, 0.05) is 7.05 Å². The number of nitrogens with two attached hydrogens (primary N) is 2. The van der Waals surface area contributed by atoms with Crippen LogP contribution in [0.15, 0.2) is 6.20 Å². The van der Waals surface area contributed by atoms with Gasteiger partial charge in [-0.3, -0.25) is 10.1 Å². The number of rotatable bonds is 1. The molecular weight excluding hydrogens is 130 g/mol. The number of amidine groups is 1. The summed E-state index contributed by atoms with van der Waals surface area (Å²) < 4.78 is 1.47. The number of nitrogens with zero attached hydrogens (tertiary/aromatic N) is 2. The number of aryl methyl sites for hydroxylation is 1. The summed E-state index contributed by atoms with van der Waals surface area (Å²) in [6, 6.07) is 0. The lowest BCUT2D eigenvalue weighted by Crippen LogP contribution is -2.13. The van der Waals surface area contributed by atoms with E-state index < -0.39 is 0 Å². The molecule has 0 radical (unpaired) electrons. The van der Waals surface area contributed by atoms with Crippen LogP contribution in [0.25, 0.3) is 0 Å². The van der Waals surface area contributed by atoms with Crippen molar-refractivity contribution < 1.29 is 0 Å². The van der Waals surface area contributed by atoms with Crippen molar-refractivity contribution in [3.8, 4) is 0 Å². The van der Waals surface area contributed by atoms with Crippen LogP contribution in [0.3, 0.4) is 0 Å². The maximum atomic E-state index is 7.03. The first-order valence-electron chi connectivity index (χ1n) is 2.75. The van der Waals surface area contributed by atoms with Gasteiger partial charge in [-0.1, -0.05) is 0 Å². The van der Waals surface area contributed by atoms with Gasteiger partial charge in [-0.2, -0.15) is 5.10 Å². The highest BCUT2D eigenvalue weighted by Crippen LogP contribution is 2.06. The van der Waals surface area contributed by atoms with Crippen LogP contribution in [0.2, 0.25) is 0 Å². The predicted molar refractivity (Wildman–Crippen MR) is 38.6 cm³/mol. The van der Waals surface area contributed by atoms with Crippen LogP contribution in [0.1, 0.15) is 5.56 Å². The van der Waals surface area contributed by atoms with Crippen molar-refractivity contribution in [1.29, 1.82) is 5.41 Å². The summed E-state index contributed by atoms with van der Waals surface area (Å²) in [5, 5.41) is 10.8. The minimum absolute atomic E-state index is 0.0504. The van der Waals surface area contributed by atoms with E-state index in [2.05, 4.69) is 5.10 Å². The normalized spacial score (nSPS) is 9.70. The lowest BCUT2D eigenvalue weighted by molar-refractivity contribution is 0.779. The third kappa shape index (κ3) is 0.812. The molecule has 1 heterocycles. The van der Waals surface area contributed by atoms with E-state index in [0.29, 0.717) is 11.4 Å². The molecule has 10 heavy (non-hydrogen) atoms. The minimum atomic E-state index is -0.0504. The summed E-state index contributed by atoms with van der Waals surface area (Å²) >= 11 is 0. The van der Waals surface area contributed by atoms with Gasteiger partial charge in [0.2, 0.25) is 0 Å². The summed E-state index contributed by atoms with van der Waals surface area (Å²) in [7, 11) is 1.70. The van der Waals surface area contributed by atoms with Crippen molar-refractivity contribution in [1.82, 2.24) is 9.78 Å². The number of hydrogen-bond donors (Lipinski definition) is 3. The van der Waals surface area contributed by atoms with Crippen molar-refractivity contribution >= 4 is 11.7 Å². The fourth-order valence-electron chi connectivity index (χ4n) is 0.655. The summed E-state index contributed by atoms with van der Waals surface area (Å²) in [6.45, 7) is 0. The van der Waals surface area contributed by atoms with Crippen LogP contribution in [0.4, 0.5) is 5.82 Å². The van der Waals surface area contributed by atoms with Crippen LogP contribution in [0, 0.1) is 5.41 Å². The highest BCUT2D eigenvalue weighted by Gasteiger charge is 2.05. The number of aromatic nitrogens is 2. The second kappa shape index (κ2) is 2.02. The molecule has 0 aliphatic rings. The monoisotopic (exact) mass is 139 g/mol. The molecule has 0 aliphatic carbocycles. The number of nitrogens with one attached hydrogen (secondary N) is 1. The largest absolute Gasteiger partial charge is 0.384 e. The van der Waals surface area contributed by atoms with Gasteiger partial charge in [-0.05, 0) is 0 Å². The molecule has 0 saturated carbocycles. The Morgan fingerprint density at radius 2 is 2.40 bits per heavy atom. The van der Waals surface area contributed by atoms with Crippen LogP contribution < -0.4 is 11.5 Å². The van der Waals surface area contributed by atoms with E-state index in [1.54, 1.807) is 7.05 Å². The van der Waals surface area contributed by atoms with Gasteiger partial charge in [-0.15, -0.1) is 0 Å². The maximum Gasteiger partial charge on any atom is 0.132 e. The summed E-state index contributed by atoms with van der Waals surface area (Å²) in [4.78, 5) is 0. The van der Waals surface area contributed by atoms with E-state index >= 15 is 0 Å². The van der Waals surface area contributed by atoms with Gasteiger partial charge >= 0.3 is 0 Å². The van der Waals surface area contributed by atoms with E-state index in [1.807, 2.05) is 0 Å². The molecule has 0 atom stereocenters. The predicted octanol–water partition coefficient (Wildman–Crippen LogP) is -0.714. The molecule has 0 aromatic carbocycles. The molecule has 0 fully saturated rings. The zero-order valence-electron chi connectivity index (χ0n) is 5.63. The van der Waals surface area contributed by atoms with Gasteiger partial charge in [0.1, 0.15) is 11.7 Å². The Balaban J connectivity index is 3.17. The van der Waals surface area contributed by atoms with Crippen LogP contribution in [-0.4, -0.2) is 15.6 Å². The lowest BCUT2D eigenvalue weighted by Gasteiger charge is -1.95. The molecule has 0 bridgehead atoms. The van der Waals surface area contributed by atoms with Crippen molar-refractivity contribution in [2.24, 2.45) is 12.8 Å². The molecule has 0 spiro atoms. The Labute approximate surface area is 58.1 Å². The molecule has 54 valence electrons. The van der Waals surface area contributed by atoms with Crippen molar-refractivity contribution in [2.45, 2.75) is 0 Å². The summed E-state index contributed by atoms with van der Waals surface area (Å²) in [5.41, 5.74) is 11.1. The first kappa shape index (κ1) is 6.60. The number of anilines is 1. The Bertz CT molecular complexity index is 261. The standard InChI is InChI=1S/C5H9N5/c1-10-5(8)3(2-9-10)4(6)7/h2H,8H2,1H3,(H3,6,7). The molecule has 1 aromatic heterocycles. The van der Waals surface area contributed by atoms with E-state index in [0.717, 1.165) is 0 Å². The van der Waals surface area contributed by atoms with E-state index in [4.69, 9.17) is 16.9 Å². The summed E-state index contributed by atoms with van der Waals surface area (Å²) in [5.74, 6) is 0.373. The minimum Gasteiger partial charge on any atom is -0.384 e. The van der Waals surface area contributed by atoms with Gasteiger partial charge < -0.3 is 11.5 Å². The highest BCUT2D eigenvalue weighted by molar-refractivity contribution is 5.98. The van der Waals surface area contributed by atoms with E-state index in [-0.39, 0.29) is 5.84 Å². The van der Waals surface area contributed by atoms with Gasteiger partial charge in [0.25, 0.3) is 0 Å². The zero-order valence-corrected chi connectivity index (χ0v) is 5.63. The Morgan fingerprint density at radius 1 is 1.80 bits per heavy atom. The van der Waals surface area contributed by atoms with E-state index in [9.17, 15) is 0 Å². The second-order valence-electron chi connectivity index (χ2n) is 1.98. The van der Waals surface area contributed by atoms with Crippen LogP contribution >= 0.6 is 0 Å². The maximum absolute atomic E-state index is 7.03. The molecule has 5 N–H and O–H groups in total. The quantitative estimate of drug-likeness (QED) is 0.354. The first-order valence-corrected chi connectivity index (χ1v) is 2.75. The number of nitrogen functional groups attached to an aromatic ring is 2. The number of hydrogen-bond acceptors (Lipinski definition) is 3. The molecule has 0 saturated heterocycles. The van der Waals surface area contributed by atoms with Crippen LogP contribution in [-0.2, 0) is 7.05 Å². The highest BCUT2D eigenvalue weighted by atomic mass is 15.3. The van der Waals surface area contributed by atoms with Gasteiger partial charge in [-0.25, -0.2) is 0 Å². The molecular formula is C5H9N5. The van der Waals surface area contributed by atoms with Crippen molar-refractivity contribution in [3.63, 3.8) is 0 Å². The van der Waals surface area contributed by atoms with Crippen molar-refractivity contribution in [3.05, 3.63) is 11.8 Å². The third-order valence-electron chi connectivity index (χ3n) is 1.27. The fraction of sp³-hybridized carbons (Fsp3) is 0.200. The topological polar surface area (TPSA) is 93.7 Å². The molecule has 0 unspecified atom stereocenters. The van der Waals surface area contributed by atoms with E-state index in [1.165, 1.54) is 10.9 Å². The Hall–Kier alpha value is -1.52. The Kier molecular flexibility index (Phi) is 1.33. The molecule has 5 nitrogen and oxygen atoms in total. The zero-order chi connectivity index (χ0) is 7.72. The second-order valence-corrected chi connectivity index (χ2v) is 1.98. The average Bonchev–Trinajstić information content (AvgIpc) is 2.14. The van der Waals surface area contributed by atoms with Crippen molar-refractivity contribution in [2.75, 3.05) is 5.73 Å². The molecule has 1 aromatic rings.